The fraction of sp³-hybridized carbons (Fsp3) is 0.737. The van der Waals surface area contributed by atoms with Gasteiger partial charge >= 0.3 is 41.8 Å². The Labute approximate surface area is 320 Å². The Morgan fingerprint density at radius 3 is 2.48 bits per heavy atom. The van der Waals surface area contributed by atoms with Crippen molar-refractivity contribution in [2.75, 3.05) is 5.32 Å². The fourth-order valence-electron chi connectivity index (χ4n) is 10.8. The van der Waals surface area contributed by atoms with Crippen LogP contribution in [0.1, 0.15) is 103 Å². The van der Waals surface area contributed by atoms with E-state index >= 15 is 0 Å². The molecule has 5 aliphatic carbocycles. The standard InChI is InChI=1S/C24H40O4.C14H9ClF3NO2.Na/c1-14(4-9-22(27)28)18-7-8-19-17-6-5-15-12-16(25)10-11-23(15,2)20(17)13-21(26)24(18,19)3;15-9-3-4-11-10(7-9)13(14(16,17)18,21-12(20)19-11)6-5-8-1-2-8;/h14-21,25-26H,4-13H2,1-3H3,(H,27,28);3-4,7-8H,1-2H2,(H,19,20);/q;;+1/p-1/t14-,15-,16-,17+,18-,19+,20+,21+,23+,24-;13-;/m10./s1. The van der Waals surface area contributed by atoms with Gasteiger partial charge in [0.25, 0.3) is 5.60 Å². The third kappa shape index (κ3) is 7.22. The van der Waals surface area contributed by atoms with Gasteiger partial charge in [-0.25, -0.2) is 4.79 Å². The molecular formula is C38H48ClF3NNaO6. The minimum absolute atomic E-state index is 0. The monoisotopic (exact) mass is 729 g/mol. The summed E-state index contributed by atoms with van der Waals surface area (Å²) in [5.74, 6) is 6.79. The number of ether oxygens (including phenoxy) is 1. The first-order chi connectivity index (χ1) is 23.0. The van der Waals surface area contributed by atoms with E-state index in [4.69, 9.17) is 11.6 Å². The predicted molar refractivity (Wildman–Crippen MR) is 176 cm³/mol. The zero-order valence-electron chi connectivity index (χ0n) is 29.5. The summed E-state index contributed by atoms with van der Waals surface area (Å²) < 4.78 is 45.4. The van der Waals surface area contributed by atoms with Crippen LogP contribution in [-0.2, 0) is 15.1 Å². The molecule has 7 rings (SSSR count). The van der Waals surface area contributed by atoms with Gasteiger partial charge in [-0.1, -0.05) is 38.3 Å². The number of fused-ring (bicyclic) bond motifs is 6. The molecule has 11 atom stereocenters. The molecule has 0 radical (unpaired) electrons. The molecule has 0 unspecified atom stereocenters. The first kappa shape index (κ1) is 39.7. The van der Waals surface area contributed by atoms with E-state index in [-0.39, 0.29) is 81.2 Å². The number of aliphatic hydroxyl groups is 2. The van der Waals surface area contributed by atoms with Gasteiger partial charge in [0.1, 0.15) is 0 Å². The van der Waals surface area contributed by atoms with Gasteiger partial charge in [-0.2, -0.15) is 13.2 Å². The number of hydrogen-bond acceptors (Lipinski definition) is 6. The molecule has 3 N–H and O–H groups in total. The Bertz CT molecular complexity index is 1510. The van der Waals surface area contributed by atoms with E-state index in [9.17, 15) is 38.1 Å². The number of halogens is 4. The van der Waals surface area contributed by atoms with Gasteiger partial charge in [0.2, 0.25) is 0 Å². The number of aliphatic carboxylic acids is 1. The molecule has 1 amide bonds. The largest absolute Gasteiger partial charge is 1.00 e. The maximum atomic E-state index is 13.6. The minimum Gasteiger partial charge on any atom is -0.550 e. The summed E-state index contributed by atoms with van der Waals surface area (Å²) >= 11 is 5.78. The van der Waals surface area contributed by atoms with Gasteiger partial charge < -0.3 is 24.9 Å². The van der Waals surface area contributed by atoms with Crippen molar-refractivity contribution in [2.45, 2.75) is 122 Å². The number of benzene rings is 1. The molecule has 7 nitrogen and oxygen atoms in total. The van der Waals surface area contributed by atoms with Gasteiger partial charge in [-0.3, -0.25) is 5.32 Å². The normalized spacial score (nSPS) is 39.1. The van der Waals surface area contributed by atoms with E-state index in [1.165, 1.54) is 31.4 Å². The van der Waals surface area contributed by atoms with Crippen molar-refractivity contribution >= 4 is 29.4 Å². The number of amides is 1. The van der Waals surface area contributed by atoms with Crippen molar-refractivity contribution in [3.63, 3.8) is 0 Å². The van der Waals surface area contributed by atoms with Crippen LogP contribution in [0.2, 0.25) is 5.02 Å². The summed E-state index contributed by atoms with van der Waals surface area (Å²) in [6.07, 6.45) is 4.44. The zero-order valence-corrected chi connectivity index (χ0v) is 32.2. The number of aliphatic hydroxyl groups excluding tert-OH is 2. The second kappa shape index (κ2) is 14.7. The van der Waals surface area contributed by atoms with Crippen LogP contribution in [0, 0.1) is 64.1 Å². The van der Waals surface area contributed by atoms with Crippen LogP contribution < -0.4 is 40.0 Å². The maximum absolute atomic E-state index is 13.6. The number of alkyl halides is 3. The Morgan fingerprint density at radius 2 is 1.82 bits per heavy atom. The molecule has 0 aromatic heterocycles. The van der Waals surface area contributed by atoms with E-state index in [1.807, 2.05) is 0 Å². The van der Waals surface area contributed by atoms with Crippen molar-refractivity contribution in [1.82, 2.24) is 0 Å². The van der Waals surface area contributed by atoms with Crippen LogP contribution in [0.3, 0.4) is 0 Å². The second-order valence-corrected chi connectivity index (χ2v) is 16.6. The van der Waals surface area contributed by atoms with Crippen LogP contribution in [0.5, 0.6) is 0 Å². The maximum Gasteiger partial charge on any atom is 1.00 e. The summed E-state index contributed by atoms with van der Waals surface area (Å²) in [6, 6.07) is 3.81. The second-order valence-electron chi connectivity index (χ2n) is 16.2. The molecule has 1 aliphatic heterocycles. The quantitative estimate of drug-likeness (QED) is 0.316. The third-order valence-corrected chi connectivity index (χ3v) is 13.8. The number of carbonyl (C=O) groups excluding carboxylic acids is 2. The Hall–Kier alpha value is -1.48. The molecule has 0 spiro atoms. The Balaban J connectivity index is 0.000000198. The minimum atomic E-state index is -4.87. The van der Waals surface area contributed by atoms with Crippen LogP contribution in [-0.4, -0.2) is 40.7 Å². The first-order valence-electron chi connectivity index (χ1n) is 17.9. The van der Waals surface area contributed by atoms with E-state index in [0.717, 1.165) is 51.0 Å². The van der Waals surface area contributed by atoms with Crippen LogP contribution in [0.4, 0.5) is 23.7 Å². The van der Waals surface area contributed by atoms with E-state index in [2.05, 4.69) is 42.7 Å². The summed E-state index contributed by atoms with van der Waals surface area (Å²) in [7, 11) is 0. The molecule has 0 saturated heterocycles. The average Bonchev–Trinajstić information content (AvgIpc) is 3.79. The number of anilines is 1. The molecule has 1 heterocycles. The molecule has 0 bridgehead atoms. The van der Waals surface area contributed by atoms with Crippen molar-refractivity contribution in [3.8, 4) is 11.8 Å². The average molecular weight is 730 g/mol. The van der Waals surface area contributed by atoms with Crippen molar-refractivity contribution < 1.29 is 72.4 Å². The van der Waals surface area contributed by atoms with Gasteiger partial charge in [0, 0.05) is 22.5 Å². The Kier molecular flexibility index (Phi) is 11.7. The molecule has 5 fully saturated rings. The molecule has 5 saturated carbocycles. The van der Waals surface area contributed by atoms with E-state index in [0.29, 0.717) is 41.9 Å². The molecular weight excluding hydrogens is 682 g/mol. The Morgan fingerprint density at radius 1 is 1.10 bits per heavy atom. The van der Waals surface area contributed by atoms with Gasteiger partial charge in [0.15, 0.2) is 0 Å². The SMILES string of the molecule is C[C@H](CCC(=O)[O-])[C@H]1CC[C@H]2[C@@H]3CC[C@@H]4C[C@H](O)CC[C@]4(C)[C@H]3C[C@H](O)[C@]12C.O=C1Nc2ccc(Cl)cc2[C@@](C#CC2CC2)(C(F)(F)F)O1.[Na+]. The van der Waals surface area contributed by atoms with Crippen LogP contribution in [0.15, 0.2) is 18.2 Å². The number of carbonyl (C=O) groups is 2. The smallest absolute Gasteiger partial charge is 0.550 e. The number of carboxylic acid groups (broad SMARTS) is 1. The fourth-order valence-corrected chi connectivity index (χ4v) is 10.9. The van der Waals surface area contributed by atoms with Crippen LogP contribution >= 0.6 is 11.6 Å². The molecule has 1 aromatic carbocycles. The van der Waals surface area contributed by atoms with Gasteiger partial charge in [-0.15, -0.1) is 0 Å². The van der Waals surface area contributed by atoms with Crippen molar-refractivity contribution in [2.24, 2.45) is 52.3 Å². The molecule has 1 aromatic rings. The topological polar surface area (TPSA) is 119 Å². The molecule has 6 aliphatic rings. The van der Waals surface area contributed by atoms with Crippen LogP contribution in [0.25, 0.3) is 0 Å². The summed E-state index contributed by atoms with van der Waals surface area (Å²) in [5, 5.41) is 34.9. The summed E-state index contributed by atoms with van der Waals surface area (Å²) in [5.41, 5.74) is -3.08. The summed E-state index contributed by atoms with van der Waals surface area (Å²) in [6.45, 7) is 6.94. The van der Waals surface area contributed by atoms with E-state index < -0.39 is 23.8 Å². The third-order valence-electron chi connectivity index (χ3n) is 13.6. The van der Waals surface area contributed by atoms with Gasteiger partial charge in [0.05, 0.1) is 17.9 Å². The molecule has 270 valence electrons. The van der Waals surface area contributed by atoms with E-state index in [1.54, 1.807) is 0 Å². The molecule has 50 heavy (non-hydrogen) atoms. The first-order valence-corrected chi connectivity index (χ1v) is 18.3. The predicted octanol–water partition coefficient (Wildman–Crippen LogP) is 4.22. The molecule has 12 heteroatoms. The summed E-state index contributed by atoms with van der Waals surface area (Å²) in [4.78, 5) is 22.4. The van der Waals surface area contributed by atoms with Gasteiger partial charge in [-0.05, 0) is 148 Å². The number of nitrogens with one attached hydrogen (secondary N) is 1. The van der Waals surface area contributed by atoms with Crippen molar-refractivity contribution in [1.29, 1.82) is 0 Å². The number of carboxylic acids is 1. The number of hydrogen-bond donors (Lipinski definition) is 3. The number of cyclic esters (lactones) is 1. The number of rotatable bonds is 4. The zero-order chi connectivity index (χ0) is 35.5. The van der Waals surface area contributed by atoms with Crippen molar-refractivity contribution in [3.05, 3.63) is 28.8 Å².